The summed E-state index contributed by atoms with van der Waals surface area (Å²) in [5.74, 6) is 2.89. The molecule has 1 aliphatic rings. The van der Waals surface area contributed by atoms with Gasteiger partial charge in [0.1, 0.15) is 12.4 Å². The summed E-state index contributed by atoms with van der Waals surface area (Å²) in [6.45, 7) is 4.53. The van der Waals surface area contributed by atoms with Crippen LogP contribution in [0.5, 0.6) is 17.2 Å². The van der Waals surface area contributed by atoms with Crippen LogP contribution in [-0.2, 0) is 18.4 Å². The van der Waals surface area contributed by atoms with Gasteiger partial charge in [0.25, 0.3) is 0 Å². The number of thioether (sulfide) groups is 1. The van der Waals surface area contributed by atoms with E-state index in [0.717, 1.165) is 16.9 Å². The van der Waals surface area contributed by atoms with Crippen LogP contribution in [0.15, 0.2) is 41.6 Å². The molecule has 156 valence electrons. The minimum absolute atomic E-state index is 0.143. The van der Waals surface area contributed by atoms with E-state index in [1.807, 2.05) is 43.7 Å². The second-order valence-electron chi connectivity index (χ2n) is 6.92. The maximum Gasteiger partial charge on any atom is 0.234 e. The first-order valence-corrected chi connectivity index (χ1v) is 10.4. The maximum absolute atomic E-state index is 12.3. The van der Waals surface area contributed by atoms with Gasteiger partial charge in [0.2, 0.25) is 12.7 Å². The molecule has 1 N–H and O–H groups in total. The van der Waals surface area contributed by atoms with Crippen molar-refractivity contribution < 1.29 is 19.0 Å². The molecule has 0 saturated carbocycles. The largest absolute Gasteiger partial charge is 0.485 e. The van der Waals surface area contributed by atoms with Crippen LogP contribution >= 0.6 is 11.8 Å². The average molecular weight is 426 g/mol. The van der Waals surface area contributed by atoms with Gasteiger partial charge in [-0.05, 0) is 43.2 Å². The zero-order valence-electron chi connectivity index (χ0n) is 17.0. The normalized spacial score (nSPS) is 12.1. The molecule has 1 amide bonds. The van der Waals surface area contributed by atoms with Gasteiger partial charge in [0, 0.05) is 18.8 Å². The number of carbonyl (C=O) groups excluding carboxylic acids is 1. The number of nitrogens with one attached hydrogen (secondary N) is 1. The quantitative estimate of drug-likeness (QED) is 0.579. The lowest BCUT2D eigenvalue weighted by molar-refractivity contribution is -0.113. The zero-order chi connectivity index (χ0) is 21.1. The number of hydrogen-bond acceptors (Lipinski definition) is 7. The maximum atomic E-state index is 12.3. The first kappa shape index (κ1) is 20.1. The molecule has 0 fully saturated rings. The molecule has 1 aliphatic heterocycles. The van der Waals surface area contributed by atoms with E-state index < -0.39 is 0 Å². The first-order chi connectivity index (χ1) is 14.5. The Balaban J connectivity index is 1.31. The van der Waals surface area contributed by atoms with Crippen molar-refractivity contribution in [2.24, 2.45) is 7.05 Å². The number of fused-ring (bicyclic) bond motifs is 1. The number of rotatable bonds is 7. The van der Waals surface area contributed by atoms with Crippen LogP contribution in [0.2, 0.25) is 0 Å². The molecule has 4 rings (SSSR count). The van der Waals surface area contributed by atoms with E-state index in [0.29, 0.717) is 34.8 Å². The highest BCUT2D eigenvalue weighted by atomic mass is 32.2. The number of nitrogens with zero attached hydrogens (tertiary/aromatic N) is 3. The summed E-state index contributed by atoms with van der Waals surface area (Å²) in [4.78, 5) is 12.3. The highest BCUT2D eigenvalue weighted by molar-refractivity contribution is 7.99. The SMILES string of the molecule is Cc1ccc(C)c(OCc2nnc(SCC(=O)Nc3ccc4c(c3)OCO4)n2C)c1. The molecule has 1 aromatic heterocycles. The number of aromatic nitrogens is 3. The first-order valence-electron chi connectivity index (χ1n) is 9.40. The van der Waals surface area contributed by atoms with E-state index in [1.54, 1.807) is 18.2 Å². The van der Waals surface area contributed by atoms with Gasteiger partial charge in [-0.25, -0.2) is 0 Å². The molecule has 0 bridgehead atoms. The molecule has 0 spiro atoms. The fraction of sp³-hybridized carbons (Fsp3) is 0.286. The third kappa shape index (κ3) is 4.51. The van der Waals surface area contributed by atoms with Gasteiger partial charge < -0.3 is 24.1 Å². The van der Waals surface area contributed by atoms with E-state index >= 15 is 0 Å². The summed E-state index contributed by atoms with van der Waals surface area (Å²) < 4.78 is 18.3. The van der Waals surface area contributed by atoms with Crippen molar-refractivity contribution in [2.45, 2.75) is 25.6 Å². The van der Waals surface area contributed by atoms with Crippen LogP contribution in [0.1, 0.15) is 17.0 Å². The van der Waals surface area contributed by atoms with Gasteiger partial charge in [-0.1, -0.05) is 23.9 Å². The second-order valence-corrected chi connectivity index (χ2v) is 7.86. The van der Waals surface area contributed by atoms with Crippen LogP contribution < -0.4 is 19.5 Å². The monoisotopic (exact) mass is 426 g/mol. The number of benzene rings is 2. The molecular formula is C21H22N4O4S. The number of ether oxygens (including phenoxy) is 3. The molecule has 8 nitrogen and oxygen atoms in total. The van der Waals surface area contributed by atoms with Crippen molar-refractivity contribution in [2.75, 3.05) is 17.9 Å². The number of carbonyl (C=O) groups is 1. The standard InChI is InChI=1S/C21H22N4O4S/c1-13-4-5-14(2)17(8-13)27-10-19-23-24-21(25(19)3)30-11-20(26)22-15-6-7-16-18(9-15)29-12-28-16/h4-9H,10-12H2,1-3H3,(H,22,26). The molecule has 0 saturated heterocycles. The van der Waals surface area contributed by atoms with Crippen molar-refractivity contribution in [1.29, 1.82) is 0 Å². The van der Waals surface area contributed by atoms with Crippen molar-refractivity contribution in [3.05, 3.63) is 53.3 Å². The van der Waals surface area contributed by atoms with Crippen LogP contribution in [0.4, 0.5) is 5.69 Å². The Bertz CT molecular complexity index is 1080. The molecule has 0 atom stereocenters. The van der Waals surface area contributed by atoms with E-state index in [1.165, 1.54) is 11.8 Å². The van der Waals surface area contributed by atoms with Crippen molar-refractivity contribution in [1.82, 2.24) is 14.8 Å². The molecule has 2 heterocycles. The lowest BCUT2D eigenvalue weighted by Crippen LogP contribution is -2.14. The second kappa shape index (κ2) is 8.66. The Morgan fingerprint density at radius 3 is 2.87 bits per heavy atom. The summed E-state index contributed by atoms with van der Waals surface area (Å²) in [6.07, 6.45) is 0. The number of anilines is 1. The van der Waals surface area contributed by atoms with Gasteiger partial charge in [-0.2, -0.15) is 0 Å². The fourth-order valence-corrected chi connectivity index (χ4v) is 3.63. The van der Waals surface area contributed by atoms with Gasteiger partial charge in [-0.15, -0.1) is 10.2 Å². The summed E-state index contributed by atoms with van der Waals surface area (Å²) in [6, 6.07) is 11.4. The highest BCUT2D eigenvalue weighted by Gasteiger charge is 2.16. The third-order valence-corrected chi connectivity index (χ3v) is 5.63. The predicted molar refractivity (Wildman–Crippen MR) is 113 cm³/mol. The van der Waals surface area contributed by atoms with E-state index in [4.69, 9.17) is 14.2 Å². The Kier molecular flexibility index (Phi) is 5.80. The van der Waals surface area contributed by atoms with Crippen LogP contribution in [0.25, 0.3) is 0 Å². The van der Waals surface area contributed by atoms with E-state index in [-0.39, 0.29) is 18.5 Å². The van der Waals surface area contributed by atoms with E-state index in [2.05, 4.69) is 15.5 Å². The van der Waals surface area contributed by atoms with Crippen LogP contribution in [0, 0.1) is 13.8 Å². The van der Waals surface area contributed by atoms with Crippen LogP contribution in [0.3, 0.4) is 0 Å². The zero-order valence-corrected chi connectivity index (χ0v) is 17.8. The van der Waals surface area contributed by atoms with Crippen molar-refractivity contribution >= 4 is 23.4 Å². The molecular weight excluding hydrogens is 404 g/mol. The van der Waals surface area contributed by atoms with Gasteiger partial charge in [0.05, 0.1) is 5.75 Å². The molecule has 0 unspecified atom stereocenters. The average Bonchev–Trinajstić information content (AvgIpc) is 3.33. The van der Waals surface area contributed by atoms with Gasteiger partial charge in [-0.3, -0.25) is 4.79 Å². The molecule has 3 aromatic rings. The van der Waals surface area contributed by atoms with Gasteiger partial charge in [0.15, 0.2) is 22.5 Å². The third-order valence-electron chi connectivity index (χ3n) is 4.61. The molecule has 0 radical (unpaired) electrons. The Morgan fingerprint density at radius 1 is 1.17 bits per heavy atom. The Hall–Kier alpha value is -3.20. The molecule has 0 aliphatic carbocycles. The van der Waals surface area contributed by atoms with E-state index in [9.17, 15) is 4.79 Å². The molecule has 9 heteroatoms. The summed E-state index contributed by atoms with van der Waals surface area (Å²) >= 11 is 1.31. The van der Waals surface area contributed by atoms with Crippen LogP contribution in [-0.4, -0.2) is 33.2 Å². The number of hydrogen-bond donors (Lipinski definition) is 1. The summed E-state index contributed by atoms with van der Waals surface area (Å²) in [7, 11) is 1.86. The lowest BCUT2D eigenvalue weighted by atomic mass is 10.1. The number of amides is 1. The Morgan fingerprint density at radius 2 is 2.00 bits per heavy atom. The molecule has 30 heavy (non-hydrogen) atoms. The smallest absolute Gasteiger partial charge is 0.234 e. The minimum atomic E-state index is -0.143. The summed E-state index contributed by atoms with van der Waals surface area (Å²) in [5, 5.41) is 11.9. The topological polar surface area (TPSA) is 87.5 Å². The predicted octanol–water partition coefficient (Wildman–Crippen LogP) is 3.47. The van der Waals surface area contributed by atoms with Crippen molar-refractivity contribution in [3.63, 3.8) is 0 Å². The Labute approximate surface area is 178 Å². The highest BCUT2D eigenvalue weighted by Crippen LogP contribution is 2.34. The summed E-state index contributed by atoms with van der Waals surface area (Å²) in [5.41, 5.74) is 2.86. The minimum Gasteiger partial charge on any atom is -0.485 e. The van der Waals surface area contributed by atoms with Gasteiger partial charge >= 0.3 is 0 Å². The molecule has 2 aromatic carbocycles. The number of aryl methyl sites for hydroxylation is 2. The van der Waals surface area contributed by atoms with Crippen molar-refractivity contribution in [3.8, 4) is 17.2 Å². The lowest BCUT2D eigenvalue weighted by Gasteiger charge is -2.10. The fourth-order valence-electron chi connectivity index (χ4n) is 2.90.